The average Bonchev–Trinajstić information content (AvgIpc) is 2.70. The van der Waals surface area contributed by atoms with Crippen molar-refractivity contribution >= 4 is 11.8 Å². The zero-order chi connectivity index (χ0) is 14.3. The highest BCUT2D eigenvalue weighted by Crippen LogP contribution is 2.30. The number of hydrogen-bond donors (Lipinski definition) is 4. The van der Waals surface area contributed by atoms with E-state index < -0.39 is 36.5 Å². The van der Waals surface area contributed by atoms with Gasteiger partial charge in [-0.15, -0.1) is 11.8 Å². The summed E-state index contributed by atoms with van der Waals surface area (Å²) >= 11 is 1.29. The van der Waals surface area contributed by atoms with Crippen LogP contribution in [-0.2, 0) is 14.2 Å². The Morgan fingerprint density at radius 1 is 1.21 bits per heavy atom. The molecule has 8 heteroatoms. The normalized spacial score (nSPS) is 32.7. The maximum absolute atomic E-state index is 9.76. The Morgan fingerprint density at radius 2 is 1.95 bits per heavy atom. The van der Waals surface area contributed by atoms with Gasteiger partial charge in [0.15, 0.2) is 0 Å². The third-order valence-corrected chi connectivity index (χ3v) is 3.89. The van der Waals surface area contributed by atoms with Crippen molar-refractivity contribution in [3.05, 3.63) is 0 Å². The lowest BCUT2D eigenvalue weighted by atomic mass is 10.1. The van der Waals surface area contributed by atoms with Crippen LogP contribution < -0.4 is 0 Å². The zero-order valence-corrected chi connectivity index (χ0v) is 11.7. The molecular weight excluding hydrogens is 276 g/mol. The van der Waals surface area contributed by atoms with Crippen molar-refractivity contribution < 1.29 is 34.6 Å². The molecule has 1 aliphatic rings. The van der Waals surface area contributed by atoms with Gasteiger partial charge < -0.3 is 34.6 Å². The number of ether oxygens (including phenoxy) is 3. The highest BCUT2D eigenvalue weighted by atomic mass is 32.2. The fourth-order valence-corrected chi connectivity index (χ4v) is 2.71. The maximum Gasteiger partial charge on any atom is 0.132 e. The summed E-state index contributed by atoms with van der Waals surface area (Å²) in [6, 6.07) is 0. The summed E-state index contributed by atoms with van der Waals surface area (Å²) in [5.41, 5.74) is -0.632. The molecule has 0 aromatic heterocycles. The number of hydrogen-bond acceptors (Lipinski definition) is 8. The second-order valence-corrected chi connectivity index (χ2v) is 5.38. The van der Waals surface area contributed by atoms with Gasteiger partial charge in [0.05, 0.1) is 26.4 Å². The van der Waals surface area contributed by atoms with E-state index in [0.29, 0.717) is 25.6 Å². The lowest BCUT2D eigenvalue weighted by molar-refractivity contribution is -0.0713. The van der Waals surface area contributed by atoms with E-state index in [9.17, 15) is 15.3 Å². The molecule has 0 aliphatic carbocycles. The standard InChI is InChI=1S/C11H22O7S/c1-16-2-3-17-4-5-19-11-9(15)8(14)10(18-11)7(13)6-12/h7-15H,2-6H2,1H3/t7-,8+,9+,10-,11-/m0/s1. The number of methoxy groups -OCH3 is 1. The van der Waals surface area contributed by atoms with Crippen LogP contribution in [0.5, 0.6) is 0 Å². The van der Waals surface area contributed by atoms with Crippen LogP contribution in [0.25, 0.3) is 0 Å². The predicted octanol–water partition coefficient (Wildman–Crippen LogP) is -1.82. The van der Waals surface area contributed by atoms with Gasteiger partial charge in [0.1, 0.15) is 29.9 Å². The highest BCUT2D eigenvalue weighted by molar-refractivity contribution is 7.99. The van der Waals surface area contributed by atoms with Crippen LogP contribution in [0.4, 0.5) is 0 Å². The molecule has 0 radical (unpaired) electrons. The van der Waals surface area contributed by atoms with Gasteiger partial charge in [-0.25, -0.2) is 0 Å². The molecular formula is C11H22O7S. The van der Waals surface area contributed by atoms with Gasteiger partial charge in [0, 0.05) is 12.9 Å². The third-order valence-electron chi connectivity index (χ3n) is 2.76. The average molecular weight is 298 g/mol. The maximum atomic E-state index is 9.76. The van der Waals surface area contributed by atoms with E-state index in [4.69, 9.17) is 19.3 Å². The van der Waals surface area contributed by atoms with Crippen LogP contribution in [0.2, 0.25) is 0 Å². The first-order valence-corrected chi connectivity index (χ1v) is 7.15. The van der Waals surface area contributed by atoms with Gasteiger partial charge >= 0.3 is 0 Å². The summed E-state index contributed by atoms with van der Waals surface area (Å²) in [6.07, 6.45) is -4.45. The molecule has 0 aromatic carbocycles. The van der Waals surface area contributed by atoms with Crippen molar-refractivity contribution in [1.29, 1.82) is 0 Å². The lowest BCUT2D eigenvalue weighted by Crippen LogP contribution is -2.40. The van der Waals surface area contributed by atoms with E-state index in [2.05, 4.69) is 0 Å². The van der Waals surface area contributed by atoms with E-state index in [1.54, 1.807) is 7.11 Å². The molecule has 0 spiro atoms. The monoisotopic (exact) mass is 298 g/mol. The summed E-state index contributed by atoms with van der Waals surface area (Å²) in [5, 5.41) is 37.7. The number of aliphatic hydroxyl groups is 4. The molecule has 19 heavy (non-hydrogen) atoms. The predicted molar refractivity (Wildman–Crippen MR) is 68.9 cm³/mol. The molecule has 0 bridgehead atoms. The zero-order valence-electron chi connectivity index (χ0n) is 10.8. The Labute approximate surface area is 116 Å². The lowest BCUT2D eigenvalue weighted by Gasteiger charge is -2.18. The molecule has 0 saturated carbocycles. The Hall–Kier alpha value is 0.0700. The first-order valence-electron chi connectivity index (χ1n) is 6.10. The van der Waals surface area contributed by atoms with Crippen molar-refractivity contribution in [2.24, 2.45) is 0 Å². The van der Waals surface area contributed by atoms with Gasteiger partial charge in [-0.05, 0) is 0 Å². The Bertz CT molecular complexity index is 243. The van der Waals surface area contributed by atoms with Gasteiger partial charge in [0.25, 0.3) is 0 Å². The topological polar surface area (TPSA) is 109 Å². The van der Waals surface area contributed by atoms with Crippen LogP contribution in [0.15, 0.2) is 0 Å². The molecule has 1 heterocycles. The Morgan fingerprint density at radius 3 is 2.58 bits per heavy atom. The molecule has 0 amide bonds. The van der Waals surface area contributed by atoms with E-state index >= 15 is 0 Å². The first-order chi connectivity index (χ1) is 9.11. The summed E-state index contributed by atoms with van der Waals surface area (Å²) in [7, 11) is 1.59. The molecule has 0 aromatic rings. The molecule has 114 valence electrons. The van der Waals surface area contributed by atoms with Crippen molar-refractivity contribution in [2.45, 2.75) is 29.9 Å². The van der Waals surface area contributed by atoms with E-state index in [0.717, 1.165) is 0 Å². The SMILES string of the molecule is COCCOCCS[C@@H]1O[C@@H]([C@@H](O)CO)[C@H](O)[C@H]1O. The van der Waals surface area contributed by atoms with Crippen LogP contribution in [0, 0.1) is 0 Å². The second-order valence-electron chi connectivity index (χ2n) is 4.18. The molecule has 5 atom stereocenters. The fourth-order valence-electron chi connectivity index (χ4n) is 1.70. The summed E-state index contributed by atoms with van der Waals surface area (Å²) < 4.78 is 15.4. The van der Waals surface area contributed by atoms with Crippen LogP contribution in [0.1, 0.15) is 0 Å². The van der Waals surface area contributed by atoms with Crippen molar-refractivity contribution in [3.8, 4) is 0 Å². The van der Waals surface area contributed by atoms with E-state index in [1.165, 1.54) is 11.8 Å². The molecule has 4 N–H and O–H groups in total. The van der Waals surface area contributed by atoms with Gasteiger partial charge in [-0.3, -0.25) is 0 Å². The van der Waals surface area contributed by atoms with Gasteiger partial charge in [-0.2, -0.15) is 0 Å². The van der Waals surface area contributed by atoms with Gasteiger partial charge in [-0.1, -0.05) is 0 Å². The van der Waals surface area contributed by atoms with Crippen LogP contribution in [0.3, 0.4) is 0 Å². The molecule has 1 aliphatic heterocycles. The summed E-state index contributed by atoms with van der Waals surface area (Å²) in [5.74, 6) is 0.583. The quantitative estimate of drug-likeness (QED) is 0.369. The Kier molecular flexibility index (Phi) is 8.19. The van der Waals surface area contributed by atoms with Crippen LogP contribution in [-0.4, -0.2) is 89.6 Å². The minimum atomic E-state index is -1.20. The van der Waals surface area contributed by atoms with Crippen molar-refractivity contribution in [2.75, 3.05) is 39.3 Å². The molecule has 1 fully saturated rings. The Balaban J connectivity index is 2.23. The van der Waals surface area contributed by atoms with Gasteiger partial charge in [0.2, 0.25) is 0 Å². The summed E-state index contributed by atoms with van der Waals surface area (Å²) in [4.78, 5) is 0. The number of thioether (sulfide) groups is 1. The minimum Gasteiger partial charge on any atom is -0.394 e. The largest absolute Gasteiger partial charge is 0.394 e. The fraction of sp³-hybridized carbons (Fsp3) is 1.00. The second kappa shape index (κ2) is 9.09. The smallest absolute Gasteiger partial charge is 0.132 e. The van der Waals surface area contributed by atoms with Crippen LogP contribution >= 0.6 is 11.8 Å². The van der Waals surface area contributed by atoms with Crippen molar-refractivity contribution in [1.82, 2.24) is 0 Å². The third kappa shape index (κ3) is 5.16. The summed E-state index contributed by atoms with van der Waals surface area (Å²) in [6.45, 7) is 0.978. The molecule has 1 rings (SSSR count). The highest BCUT2D eigenvalue weighted by Gasteiger charge is 2.45. The number of aliphatic hydroxyl groups excluding tert-OH is 4. The number of rotatable bonds is 9. The molecule has 1 saturated heterocycles. The molecule has 7 nitrogen and oxygen atoms in total. The van der Waals surface area contributed by atoms with E-state index in [-0.39, 0.29) is 0 Å². The van der Waals surface area contributed by atoms with E-state index in [1.807, 2.05) is 0 Å². The molecule has 0 unspecified atom stereocenters. The first kappa shape index (κ1) is 17.1. The van der Waals surface area contributed by atoms with Crippen molar-refractivity contribution in [3.63, 3.8) is 0 Å². The minimum absolute atomic E-state index is 0.476.